The Bertz CT molecular complexity index is 2100. The van der Waals surface area contributed by atoms with Gasteiger partial charge in [-0.1, -0.05) is 145 Å². The molecule has 0 amide bonds. The molecule has 6 aromatic carbocycles. The first-order valence-electron chi connectivity index (χ1n) is 16.0. The molecule has 44 heavy (non-hydrogen) atoms. The highest BCUT2D eigenvalue weighted by Crippen LogP contribution is 2.66. The minimum Gasteiger partial charge on any atom is -0.309 e. The van der Waals surface area contributed by atoms with Gasteiger partial charge in [0, 0.05) is 16.2 Å². The lowest BCUT2D eigenvalue weighted by Gasteiger charge is -2.55. The highest BCUT2D eigenvalue weighted by Gasteiger charge is 2.51. The van der Waals surface area contributed by atoms with E-state index in [9.17, 15) is 0 Å². The Balaban J connectivity index is 1.28. The Kier molecular flexibility index (Phi) is 4.87. The Morgan fingerprint density at radius 1 is 0.386 bits per heavy atom. The van der Waals surface area contributed by atoms with Gasteiger partial charge in [-0.05, 0) is 78.5 Å². The average Bonchev–Trinajstić information content (AvgIpc) is 3.03. The summed E-state index contributed by atoms with van der Waals surface area (Å²) >= 11 is 0. The fraction of sp³-hybridized carbons (Fsp3) is 0.209. The van der Waals surface area contributed by atoms with Crippen molar-refractivity contribution in [3.8, 4) is 22.3 Å². The van der Waals surface area contributed by atoms with E-state index in [0.29, 0.717) is 0 Å². The number of rotatable bonds is 2. The smallest absolute Gasteiger partial charge is 0.0544 e. The lowest BCUT2D eigenvalue weighted by Crippen LogP contribution is -2.43. The lowest BCUT2D eigenvalue weighted by atomic mass is 9.60. The number of nitrogens with zero attached hydrogens (tertiary/aromatic N) is 1. The summed E-state index contributed by atoms with van der Waals surface area (Å²) < 4.78 is 0. The van der Waals surface area contributed by atoms with E-state index < -0.39 is 0 Å². The van der Waals surface area contributed by atoms with Crippen molar-refractivity contribution in [2.24, 2.45) is 0 Å². The van der Waals surface area contributed by atoms with Crippen LogP contribution in [0.5, 0.6) is 0 Å². The Morgan fingerprint density at radius 2 is 0.818 bits per heavy atom. The van der Waals surface area contributed by atoms with E-state index in [2.05, 4.69) is 162 Å². The monoisotopic (exact) mass is 567 g/mol. The maximum Gasteiger partial charge on any atom is 0.0544 e. The van der Waals surface area contributed by atoms with Crippen molar-refractivity contribution in [3.63, 3.8) is 0 Å². The Hall–Kier alpha value is -4.62. The summed E-state index contributed by atoms with van der Waals surface area (Å²) in [6, 6.07) is 43.5. The van der Waals surface area contributed by atoms with E-state index >= 15 is 0 Å². The molecule has 0 radical (unpaired) electrons. The van der Waals surface area contributed by atoms with Crippen molar-refractivity contribution in [1.82, 2.24) is 0 Å². The van der Waals surface area contributed by atoms with Gasteiger partial charge < -0.3 is 4.90 Å². The molecule has 3 heterocycles. The van der Waals surface area contributed by atoms with Gasteiger partial charge in [-0.15, -0.1) is 0 Å². The molecule has 0 aliphatic carbocycles. The number of hydrogen-bond donors (Lipinski definition) is 0. The van der Waals surface area contributed by atoms with E-state index in [1.807, 2.05) is 0 Å². The van der Waals surface area contributed by atoms with Gasteiger partial charge >= 0.3 is 0 Å². The maximum absolute atomic E-state index is 2.65. The second-order valence-corrected chi connectivity index (χ2v) is 14.6. The van der Waals surface area contributed by atoms with Crippen LogP contribution in [0.2, 0.25) is 0 Å². The van der Waals surface area contributed by atoms with Crippen molar-refractivity contribution in [2.75, 3.05) is 4.90 Å². The van der Waals surface area contributed by atoms with E-state index in [0.717, 1.165) is 0 Å². The number of benzene rings is 6. The van der Waals surface area contributed by atoms with Crippen LogP contribution in [-0.2, 0) is 16.2 Å². The van der Waals surface area contributed by atoms with Gasteiger partial charge in [-0.25, -0.2) is 0 Å². The van der Waals surface area contributed by atoms with Crippen LogP contribution in [0, 0.1) is 0 Å². The van der Waals surface area contributed by atoms with Crippen LogP contribution >= 0.6 is 0 Å². The Morgan fingerprint density at radius 3 is 1.39 bits per heavy atom. The van der Waals surface area contributed by atoms with Crippen LogP contribution in [-0.4, -0.2) is 0 Å². The molecule has 0 N–H and O–H groups in total. The molecule has 9 rings (SSSR count). The molecule has 0 bridgehead atoms. The molecule has 0 saturated carbocycles. The first-order chi connectivity index (χ1) is 21.1. The summed E-state index contributed by atoms with van der Waals surface area (Å²) in [6.07, 6.45) is 0. The second-order valence-electron chi connectivity index (χ2n) is 14.6. The molecule has 0 unspecified atom stereocenters. The fourth-order valence-electron chi connectivity index (χ4n) is 8.67. The second kappa shape index (κ2) is 8.30. The van der Waals surface area contributed by atoms with Gasteiger partial charge in [0.15, 0.2) is 0 Å². The summed E-state index contributed by atoms with van der Waals surface area (Å²) in [5, 5.41) is 2.57. The molecule has 214 valence electrons. The van der Waals surface area contributed by atoms with Crippen molar-refractivity contribution >= 4 is 27.8 Å². The van der Waals surface area contributed by atoms with Gasteiger partial charge in [-0.2, -0.15) is 0 Å². The van der Waals surface area contributed by atoms with Crippen molar-refractivity contribution in [1.29, 1.82) is 0 Å². The van der Waals surface area contributed by atoms with E-state index in [-0.39, 0.29) is 16.2 Å². The molecular weight excluding hydrogens is 530 g/mol. The third-order valence-corrected chi connectivity index (χ3v) is 11.2. The quantitative estimate of drug-likeness (QED) is 0.201. The van der Waals surface area contributed by atoms with Gasteiger partial charge in [0.1, 0.15) is 0 Å². The largest absolute Gasteiger partial charge is 0.309 e. The number of hydrogen-bond acceptors (Lipinski definition) is 1. The van der Waals surface area contributed by atoms with Gasteiger partial charge in [0.2, 0.25) is 0 Å². The third-order valence-electron chi connectivity index (χ3n) is 11.2. The van der Waals surface area contributed by atoms with E-state index in [1.54, 1.807) is 0 Å². The molecule has 0 spiro atoms. The molecule has 1 nitrogen and oxygen atoms in total. The Labute approximate surface area is 260 Å². The standard InChI is InChI=1S/C43H37N/c1-41(2)32-16-10-18-34-38(32)44-39-33(41)17-11-19-35(39)43(5,6)37-25-29(24-36(40(37)44)42(34,3)4)26-20-22-28(23-21-26)31-15-9-13-27-12-7-8-14-30(27)31/h7-25H,1-6H3. The van der Waals surface area contributed by atoms with Crippen LogP contribution < -0.4 is 4.90 Å². The molecule has 0 aromatic heterocycles. The van der Waals surface area contributed by atoms with Crippen LogP contribution in [0.25, 0.3) is 33.0 Å². The fourth-order valence-corrected chi connectivity index (χ4v) is 8.67. The number of anilines is 3. The van der Waals surface area contributed by atoms with E-state index in [1.165, 1.54) is 83.5 Å². The minimum atomic E-state index is -0.138. The first-order valence-corrected chi connectivity index (χ1v) is 16.0. The SMILES string of the molecule is CC1(C)c2cccc3c2N2c4c1cccc4C(C)(C)c1cc(-c4ccc(-c5cccc6ccccc56)cc4)cc(c12)C3(C)C. The van der Waals surface area contributed by atoms with Crippen molar-refractivity contribution in [3.05, 3.63) is 149 Å². The zero-order valence-electron chi connectivity index (χ0n) is 26.4. The molecule has 1 heteroatoms. The third kappa shape index (κ3) is 3.10. The average molecular weight is 568 g/mol. The summed E-state index contributed by atoms with van der Waals surface area (Å²) in [5.41, 5.74) is 17.5. The topological polar surface area (TPSA) is 3.24 Å². The number of fused-ring (bicyclic) bond motifs is 1. The molecular formula is C43H37N. The van der Waals surface area contributed by atoms with Crippen LogP contribution in [0.4, 0.5) is 17.1 Å². The van der Waals surface area contributed by atoms with Crippen molar-refractivity contribution in [2.45, 2.75) is 57.8 Å². The lowest BCUT2D eigenvalue weighted by molar-refractivity contribution is 0.567. The minimum absolute atomic E-state index is 0.0693. The predicted molar refractivity (Wildman–Crippen MR) is 186 cm³/mol. The normalized spacial score (nSPS) is 17.4. The maximum atomic E-state index is 2.65. The van der Waals surface area contributed by atoms with Crippen LogP contribution in [0.15, 0.2) is 115 Å². The molecule has 0 fully saturated rings. The summed E-state index contributed by atoms with van der Waals surface area (Å²) in [6.45, 7) is 14.5. The van der Waals surface area contributed by atoms with Crippen LogP contribution in [0.3, 0.4) is 0 Å². The summed E-state index contributed by atoms with van der Waals surface area (Å²) in [4.78, 5) is 2.65. The zero-order chi connectivity index (χ0) is 30.2. The van der Waals surface area contributed by atoms with Gasteiger partial charge in [-0.3, -0.25) is 0 Å². The molecule has 3 aliphatic rings. The van der Waals surface area contributed by atoms with Gasteiger partial charge in [0.05, 0.1) is 17.1 Å². The number of para-hydroxylation sites is 2. The highest BCUT2D eigenvalue weighted by atomic mass is 15.2. The van der Waals surface area contributed by atoms with Gasteiger partial charge in [0.25, 0.3) is 0 Å². The molecule has 3 aliphatic heterocycles. The highest BCUT2D eigenvalue weighted by molar-refractivity contribution is 6.00. The molecule has 0 atom stereocenters. The summed E-state index contributed by atoms with van der Waals surface area (Å²) in [7, 11) is 0. The van der Waals surface area contributed by atoms with Crippen LogP contribution in [0.1, 0.15) is 74.9 Å². The first kappa shape index (κ1) is 25.8. The predicted octanol–water partition coefficient (Wildman–Crippen LogP) is 11.6. The molecule has 0 saturated heterocycles. The van der Waals surface area contributed by atoms with Crippen molar-refractivity contribution < 1.29 is 0 Å². The molecule has 6 aromatic rings. The zero-order valence-corrected chi connectivity index (χ0v) is 26.4. The van der Waals surface area contributed by atoms with E-state index in [4.69, 9.17) is 0 Å². The summed E-state index contributed by atoms with van der Waals surface area (Å²) in [5.74, 6) is 0.